The average molecular weight is 249 g/mol. The molecule has 0 radical (unpaired) electrons. The lowest BCUT2D eigenvalue weighted by molar-refractivity contribution is -0.0237. The van der Waals surface area contributed by atoms with E-state index in [1.807, 2.05) is 0 Å². The average Bonchev–Trinajstić information content (AvgIpc) is 2.56. The number of hydrogen-bond acceptors (Lipinski definition) is 2. The Labute approximate surface area is 112 Å². The molecule has 1 aliphatic rings. The molecule has 0 aliphatic heterocycles. The number of hydrogen-bond donors (Lipinski definition) is 1. The fourth-order valence-corrected chi connectivity index (χ4v) is 3.15. The molecule has 1 aliphatic carbocycles. The molecule has 0 bridgehead atoms. The minimum Gasteiger partial charge on any atom is -0.384 e. The Bertz CT molecular complexity index is 307. The smallest absolute Gasteiger partial charge is 0.101 e. The molecule has 0 saturated heterocycles. The summed E-state index contributed by atoms with van der Waals surface area (Å²) in [4.78, 5) is 0. The van der Waals surface area contributed by atoms with Gasteiger partial charge in [0.05, 0.1) is 11.5 Å². The first-order chi connectivity index (χ1) is 8.64. The van der Waals surface area contributed by atoms with Gasteiger partial charge in [-0.1, -0.05) is 57.9 Å². The topological polar surface area (TPSA) is 44.0 Å². The maximum atomic E-state index is 10.8. The number of unbranched alkanes of at least 4 members (excludes halogenated alkanes) is 3. The summed E-state index contributed by atoms with van der Waals surface area (Å²) >= 11 is 0. The Morgan fingerprint density at radius 2 is 1.94 bits per heavy atom. The van der Waals surface area contributed by atoms with E-state index in [9.17, 15) is 10.4 Å². The van der Waals surface area contributed by atoms with Crippen LogP contribution >= 0.6 is 0 Å². The van der Waals surface area contributed by atoms with Crippen LogP contribution in [-0.4, -0.2) is 10.7 Å². The van der Waals surface area contributed by atoms with Crippen molar-refractivity contribution in [3.63, 3.8) is 0 Å². The molecule has 0 aromatic rings. The molecule has 1 rings (SSSR count). The third-order valence-electron chi connectivity index (χ3n) is 4.50. The van der Waals surface area contributed by atoms with Gasteiger partial charge in [-0.2, -0.15) is 5.26 Å². The minimum atomic E-state index is -0.982. The monoisotopic (exact) mass is 249 g/mol. The van der Waals surface area contributed by atoms with Gasteiger partial charge in [0.1, 0.15) is 5.60 Å². The second-order valence-corrected chi connectivity index (χ2v) is 5.69. The number of nitrogens with zero attached hydrogens (tertiary/aromatic N) is 1. The quantitative estimate of drug-likeness (QED) is 0.432. The summed E-state index contributed by atoms with van der Waals surface area (Å²) in [5.41, 5.74) is -1.58. The highest BCUT2D eigenvalue weighted by Crippen LogP contribution is 2.46. The Hall–Kier alpha value is -0.810. The fourth-order valence-electron chi connectivity index (χ4n) is 3.15. The van der Waals surface area contributed by atoms with Crippen LogP contribution in [0.15, 0.2) is 12.7 Å². The van der Waals surface area contributed by atoms with Gasteiger partial charge in [-0.25, -0.2) is 0 Å². The zero-order valence-corrected chi connectivity index (χ0v) is 11.7. The zero-order chi connectivity index (χ0) is 13.5. The molecule has 0 spiro atoms. The molecule has 0 aromatic heterocycles. The SMILES string of the molecule is C=C[C@]1(O)CCCCC[C@]1(C#N)CCCCCC. The van der Waals surface area contributed by atoms with Crippen LogP contribution in [0.1, 0.15) is 71.1 Å². The van der Waals surface area contributed by atoms with Crippen molar-refractivity contribution < 1.29 is 5.11 Å². The second-order valence-electron chi connectivity index (χ2n) is 5.69. The molecule has 0 amide bonds. The molecule has 102 valence electrons. The molecule has 0 unspecified atom stereocenters. The van der Waals surface area contributed by atoms with E-state index >= 15 is 0 Å². The molecule has 18 heavy (non-hydrogen) atoms. The molecule has 2 atom stereocenters. The van der Waals surface area contributed by atoms with Gasteiger partial charge in [0, 0.05) is 0 Å². The predicted octanol–water partition coefficient (Wildman–Crippen LogP) is 4.35. The van der Waals surface area contributed by atoms with Crippen molar-refractivity contribution in [1.82, 2.24) is 0 Å². The lowest BCUT2D eigenvalue weighted by Gasteiger charge is -2.39. The number of nitriles is 1. The molecule has 1 fully saturated rings. The maximum Gasteiger partial charge on any atom is 0.101 e. The number of aliphatic hydroxyl groups is 1. The first kappa shape index (κ1) is 15.2. The summed E-state index contributed by atoms with van der Waals surface area (Å²) in [5.74, 6) is 0. The highest BCUT2D eigenvalue weighted by Gasteiger charge is 2.48. The first-order valence-corrected chi connectivity index (χ1v) is 7.41. The van der Waals surface area contributed by atoms with Crippen LogP contribution in [0.3, 0.4) is 0 Å². The van der Waals surface area contributed by atoms with Crippen LogP contribution in [-0.2, 0) is 0 Å². The van der Waals surface area contributed by atoms with Crippen molar-refractivity contribution >= 4 is 0 Å². The first-order valence-electron chi connectivity index (χ1n) is 7.41. The molecular weight excluding hydrogens is 222 g/mol. The molecule has 0 aromatic carbocycles. The van der Waals surface area contributed by atoms with Crippen molar-refractivity contribution in [2.24, 2.45) is 5.41 Å². The van der Waals surface area contributed by atoms with Gasteiger partial charge in [0.25, 0.3) is 0 Å². The van der Waals surface area contributed by atoms with Crippen LogP contribution in [0, 0.1) is 16.7 Å². The van der Waals surface area contributed by atoms with E-state index in [0.717, 1.165) is 44.9 Å². The summed E-state index contributed by atoms with van der Waals surface area (Å²) < 4.78 is 0. The van der Waals surface area contributed by atoms with Crippen molar-refractivity contribution in [1.29, 1.82) is 5.26 Å². The van der Waals surface area contributed by atoms with Gasteiger partial charge in [-0.15, -0.1) is 6.58 Å². The normalized spacial score (nSPS) is 32.5. The van der Waals surface area contributed by atoms with Gasteiger partial charge in [-0.3, -0.25) is 0 Å². The van der Waals surface area contributed by atoms with Gasteiger partial charge < -0.3 is 5.11 Å². The van der Waals surface area contributed by atoms with E-state index < -0.39 is 11.0 Å². The van der Waals surface area contributed by atoms with Crippen molar-refractivity contribution in [2.45, 2.75) is 76.7 Å². The molecule has 2 heteroatoms. The third kappa shape index (κ3) is 3.14. The van der Waals surface area contributed by atoms with E-state index in [1.54, 1.807) is 6.08 Å². The van der Waals surface area contributed by atoms with Crippen molar-refractivity contribution in [3.05, 3.63) is 12.7 Å². The molecule has 1 saturated carbocycles. The fraction of sp³-hybridized carbons (Fsp3) is 0.812. The van der Waals surface area contributed by atoms with Crippen LogP contribution in [0.5, 0.6) is 0 Å². The number of rotatable bonds is 6. The van der Waals surface area contributed by atoms with Gasteiger partial charge >= 0.3 is 0 Å². The van der Waals surface area contributed by atoms with E-state index in [1.165, 1.54) is 12.8 Å². The second kappa shape index (κ2) is 6.95. The highest BCUT2D eigenvalue weighted by atomic mass is 16.3. The Morgan fingerprint density at radius 1 is 1.22 bits per heavy atom. The molecule has 2 nitrogen and oxygen atoms in total. The lowest BCUT2D eigenvalue weighted by atomic mass is 9.66. The van der Waals surface area contributed by atoms with Gasteiger partial charge in [0.2, 0.25) is 0 Å². The summed E-state index contributed by atoms with van der Waals surface area (Å²) in [7, 11) is 0. The van der Waals surface area contributed by atoms with Crippen molar-refractivity contribution in [3.8, 4) is 6.07 Å². The largest absolute Gasteiger partial charge is 0.384 e. The molecule has 0 heterocycles. The Balaban J connectivity index is 2.79. The summed E-state index contributed by atoms with van der Waals surface area (Å²) in [6.07, 6.45) is 11.7. The minimum absolute atomic E-state index is 0.598. The van der Waals surface area contributed by atoms with E-state index in [2.05, 4.69) is 19.6 Å². The molecular formula is C16H27NO. The highest BCUT2D eigenvalue weighted by molar-refractivity contribution is 5.18. The van der Waals surface area contributed by atoms with Crippen LogP contribution in [0.25, 0.3) is 0 Å². The van der Waals surface area contributed by atoms with Crippen molar-refractivity contribution in [2.75, 3.05) is 0 Å². The lowest BCUT2D eigenvalue weighted by Crippen LogP contribution is -2.45. The zero-order valence-electron chi connectivity index (χ0n) is 11.7. The van der Waals surface area contributed by atoms with Gasteiger partial charge in [0.15, 0.2) is 0 Å². The third-order valence-corrected chi connectivity index (χ3v) is 4.50. The predicted molar refractivity (Wildman–Crippen MR) is 75.0 cm³/mol. The van der Waals surface area contributed by atoms with E-state index in [-0.39, 0.29) is 0 Å². The Kier molecular flexibility index (Phi) is 5.88. The molecule has 1 N–H and O–H groups in total. The van der Waals surface area contributed by atoms with Gasteiger partial charge in [-0.05, 0) is 19.3 Å². The maximum absolute atomic E-state index is 10.8. The summed E-state index contributed by atoms with van der Waals surface area (Å²) in [5, 5.41) is 20.4. The van der Waals surface area contributed by atoms with Crippen LogP contribution in [0.2, 0.25) is 0 Å². The van der Waals surface area contributed by atoms with E-state index in [4.69, 9.17) is 0 Å². The van der Waals surface area contributed by atoms with E-state index in [0.29, 0.717) is 6.42 Å². The summed E-state index contributed by atoms with van der Waals surface area (Å²) in [6, 6.07) is 2.45. The van der Waals surface area contributed by atoms with Crippen LogP contribution < -0.4 is 0 Å². The summed E-state index contributed by atoms with van der Waals surface area (Å²) in [6.45, 7) is 5.97. The Morgan fingerprint density at radius 3 is 2.56 bits per heavy atom. The standard InChI is InChI=1S/C16H27NO/c1-3-5-6-8-11-15(14-17)12-9-7-10-13-16(15,18)4-2/h4,18H,2-3,5-13H2,1H3/t15-,16-/m0/s1. The van der Waals surface area contributed by atoms with Crippen LogP contribution in [0.4, 0.5) is 0 Å².